The van der Waals surface area contributed by atoms with Crippen molar-refractivity contribution in [2.45, 2.75) is 13.5 Å². The third-order valence-electron chi connectivity index (χ3n) is 3.84. The van der Waals surface area contributed by atoms with Crippen LogP contribution >= 0.6 is 23.2 Å². The molecule has 0 aliphatic heterocycles. The molecule has 2 aromatic heterocycles. The zero-order valence-electron chi connectivity index (χ0n) is 14.1. The molecule has 0 aliphatic rings. The lowest BCUT2D eigenvalue weighted by atomic mass is 10.2. The van der Waals surface area contributed by atoms with Crippen LogP contribution in [0, 0.1) is 12.7 Å². The van der Waals surface area contributed by atoms with E-state index < -0.39 is 0 Å². The minimum atomic E-state index is -0.360. The molecule has 5 nitrogen and oxygen atoms in total. The average molecular weight is 393 g/mol. The van der Waals surface area contributed by atoms with Gasteiger partial charge < -0.3 is 4.90 Å². The zero-order chi connectivity index (χ0) is 18.8. The fraction of sp³-hybridized carbons (Fsp3) is 0.167. The maximum absolute atomic E-state index is 13.1. The molecular weight excluding hydrogens is 378 g/mol. The van der Waals surface area contributed by atoms with Gasteiger partial charge in [0.1, 0.15) is 16.1 Å². The molecule has 0 aliphatic carbocycles. The fourth-order valence-corrected chi connectivity index (χ4v) is 3.00. The first kappa shape index (κ1) is 18.4. The largest absolute Gasteiger partial charge is 0.337 e. The molecule has 3 rings (SSSR count). The van der Waals surface area contributed by atoms with Gasteiger partial charge in [-0.25, -0.2) is 14.1 Å². The molecule has 0 fully saturated rings. The summed E-state index contributed by atoms with van der Waals surface area (Å²) in [5, 5.41) is 4.89. The van der Waals surface area contributed by atoms with Crippen molar-refractivity contribution in [3.63, 3.8) is 0 Å². The Morgan fingerprint density at radius 1 is 1.19 bits per heavy atom. The monoisotopic (exact) mass is 392 g/mol. The van der Waals surface area contributed by atoms with Crippen LogP contribution in [0.4, 0.5) is 4.39 Å². The maximum atomic E-state index is 13.1. The molecule has 3 aromatic rings. The highest BCUT2D eigenvalue weighted by molar-refractivity contribution is 6.33. The van der Waals surface area contributed by atoms with E-state index in [4.69, 9.17) is 23.2 Å². The highest BCUT2D eigenvalue weighted by Gasteiger charge is 2.24. The average Bonchev–Trinajstić information content (AvgIpc) is 2.91. The quantitative estimate of drug-likeness (QED) is 0.622. The highest BCUT2D eigenvalue weighted by Crippen LogP contribution is 2.25. The number of rotatable bonds is 4. The molecule has 0 atom stereocenters. The second-order valence-electron chi connectivity index (χ2n) is 5.79. The van der Waals surface area contributed by atoms with Gasteiger partial charge in [-0.3, -0.25) is 4.79 Å². The van der Waals surface area contributed by atoms with E-state index in [-0.39, 0.29) is 16.9 Å². The summed E-state index contributed by atoms with van der Waals surface area (Å²) in [4.78, 5) is 18.4. The van der Waals surface area contributed by atoms with E-state index in [1.165, 1.54) is 21.7 Å². The Morgan fingerprint density at radius 2 is 1.88 bits per heavy atom. The van der Waals surface area contributed by atoms with Crippen LogP contribution in [0.1, 0.15) is 21.6 Å². The number of aryl methyl sites for hydroxylation is 1. The molecule has 0 saturated heterocycles. The van der Waals surface area contributed by atoms with Gasteiger partial charge in [-0.2, -0.15) is 5.10 Å². The van der Waals surface area contributed by atoms with Gasteiger partial charge in [0.05, 0.1) is 16.9 Å². The minimum Gasteiger partial charge on any atom is -0.337 e. The van der Waals surface area contributed by atoms with E-state index >= 15 is 0 Å². The third-order valence-corrected chi connectivity index (χ3v) is 4.42. The molecule has 2 heterocycles. The summed E-state index contributed by atoms with van der Waals surface area (Å²) < 4.78 is 14.5. The molecule has 1 aromatic carbocycles. The minimum absolute atomic E-state index is 0.181. The number of hydrogen-bond donors (Lipinski definition) is 0. The second kappa shape index (κ2) is 7.43. The van der Waals surface area contributed by atoms with Gasteiger partial charge in [0.25, 0.3) is 5.91 Å². The number of carbonyl (C=O) groups is 1. The molecule has 0 bridgehead atoms. The zero-order valence-corrected chi connectivity index (χ0v) is 15.6. The Kier molecular flexibility index (Phi) is 5.25. The van der Waals surface area contributed by atoms with Crippen LogP contribution in [0.15, 0.2) is 42.6 Å². The Labute approximate surface area is 160 Å². The van der Waals surface area contributed by atoms with E-state index in [0.717, 1.165) is 5.56 Å². The van der Waals surface area contributed by atoms with Crippen LogP contribution in [0.5, 0.6) is 0 Å². The first-order valence-electron chi connectivity index (χ1n) is 7.74. The maximum Gasteiger partial charge on any atom is 0.258 e. The molecule has 0 radical (unpaired) electrons. The number of aromatic nitrogens is 3. The molecule has 0 saturated carbocycles. The fourth-order valence-electron chi connectivity index (χ4n) is 2.53. The van der Waals surface area contributed by atoms with Crippen molar-refractivity contribution in [2.24, 2.45) is 0 Å². The second-order valence-corrected chi connectivity index (χ2v) is 6.54. The summed E-state index contributed by atoms with van der Waals surface area (Å²) in [6.45, 7) is 2.05. The van der Waals surface area contributed by atoms with Gasteiger partial charge in [-0.15, -0.1) is 0 Å². The lowest BCUT2D eigenvalue weighted by molar-refractivity contribution is 0.0784. The number of carbonyl (C=O) groups excluding carboxylic acids is 1. The van der Waals surface area contributed by atoms with Gasteiger partial charge >= 0.3 is 0 Å². The topological polar surface area (TPSA) is 51.0 Å². The van der Waals surface area contributed by atoms with E-state index in [0.29, 0.717) is 28.6 Å². The van der Waals surface area contributed by atoms with Gasteiger partial charge in [0.2, 0.25) is 0 Å². The summed E-state index contributed by atoms with van der Waals surface area (Å²) in [6.07, 6.45) is 1.61. The summed E-state index contributed by atoms with van der Waals surface area (Å²) in [5.74, 6) is -0.628. The SMILES string of the molecule is Cc1nn(-c2ccc(F)cc2)c(Cl)c1C(=O)N(C)Cc1ccc(Cl)nc1. The predicted molar refractivity (Wildman–Crippen MR) is 98.3 cm³/mol. The van der Waals surface area contributed by atoms with Crippen molar-refractivity contribution in [3.8, 4) is 5.69 Å². The van der Waals surface area contributed by atoms with Crippen molar-refractivity contribution in [2.75, 3.05) is 7.05 Å². The van der Waals surface area contributed by atoms with Crippen LogP contribution in [-0.4, -0.2) is 32.6 Å². The normalized spacial score (nSPS) is 10.8. The Hall–Kier alpha value is -2.44. The van der Waals surface area contributed by atoms with E-state index in [1.54, 1.807) is 44.4 Å². The van der Waals surface area contributed by atoms with Gasteiger partial charge in [-0.05, 0) is 42.8 Å². The number of nitrogens with zero attached hydrogens (tertiary/aromatic N) is 4. The van der Waals surface area contributed by atoms with Crippen LogP contribution in [0.25, 0.3) is 5.69 Å². The molecule has 8 heteroatoms. The summed E-state index contributed by atoms with van der Waals surface area (Å²) >= 11 is 12.2. The van der Waals surface area contributed by atoms with E-state index in [9.17, 15) is 9.18 Å². The van der Waals surface area contributed by atoms with Gasteiger partial charge in [0, 0.05) is 19.8 Å². The van der Waals surface area contributed by atoms with E-state index in [1.807, 2.05) is 0 Å². The molecule has 26 heavy (non-hydrogen) atoms. The van der Waals surface area contributed by atoms with Crippen LogP contribution in [-0.2, 0) is 6.54 Å². The predicted octanol–water partition coefficient (Wildman–Crippen LogP) is 4.29. The van der Waals surface area contributed by atoms with Crippen molar-refractivity contribution in [1.29, 1.82) is 0 Å². The molecule has 0 spiro atoms. The van der Waals surface area contributed by atoms with Crippen LogP contribution < -0.4 is 0 Å². The Bertz CT molecular complexity index is 939. The van der Waals surface area contributed by atoms with Gasteiger partial charge in [0.15, 0.2) is 0 Å². The molecular formula is C18H15Cl2FN4O. The number of hydrogen-bond acceptors (Lipinski definition) is 3. The standard InChI is InChI=1S/C18H15Cl2FN4O/c1-11-16(17(20)25(23-11)14-6-4-13(21)5-7-14)18(26)24(2)10-12-3-8-15(19)22-9-12/h3-9H,10H2,1-2H3. The third kappa shape index (κ3) is 3.71. The number of benzene rings is 1. The van der Waals surface area contributed by atoms with Crippen molar-refractivity contribution < 1.29 is 9.18 Å². The lowest BCUT2D eigenvalue weighted by Crippen LogP contribution is -2.26. The molecule has 1 amide bonds. The summed E-state index contributed by atoms with van der Waals surface area (Å²) in [6, 6.07) is 9.18. The first-order valence-corrected chi connectivity index (χ1v) is 8.49. The number of pyridine rings is 1. The Balaban J connectivity index is 1.87. The molecule has 0 unspecified atom stereocenters. The molecule has 134 valence electrons. The summed E-state index contributed by atoms with van der Waals surface area (Å²) in [7, 11) is 1.67. The molecule has 0 N–H and O–H groups in total. The van der Waals surface area contributed by atoms with E-state index in [2.05, 4.69) is 10.1 Å². The van der Waals surface area contributed by atoms with Crippen LogP contribution in [0.2, 0.25) is 10.3 Å². The summed E-state index contributed by atoms with van der Waals surface area (Å²) in [5.41, 5.74) is 2.21. The van der Waals surface area contributed by atoms with Crippen molar-refractivity contribution in [1.82, 2.24) is 19.7 Å². The van der Waals surface area contributed by atoms with Crippen molar-refractivity contribution >= 4 is 29.1 Å². The first-order chi connectivity index (χ1) is 12.4. The highest BCUT2D eigenvalue weighted by atomic mass is 35.5. The van der Waals surface area contributed by atoms with Crippen molar-refractivity contribution in [3.05, 3.63) is 75.5 Å². The Morgan fingerprint density at radius 3 is 2.50 bits per heavy atom. The smallest absolute Gasteiger partial charge is 0.258 e. The number of halogens is 3. The number of amides is 1. The van der Waals surface area contributed by atoms with Crippen LogP contribution in [0.3, 0.4) is 0 Å². The lowest BCUT2D eigenvalue weighted by Gasteiger charge is -2.17. The van der Waals surface area contributed by atoms with Gasteiger partial charge in [-0.1, -0.05) is 29.3 Å².